The van der Waals surface area contributed by atoms with Gasteiger partial charge in [-0.25, -0.2) is 17.9 Å². The van der Waals surface area contributed by atoms with Crippen molar-refractivity contribution in [2.24, 2.45) is 0 Å². The van der Waals surface area contributed by atoms with E-state index in [0.717, 1.165) is 37.2 Å². The molecule has 8 heteroatoms. The Bertz CT molecular complexity index is 922. The third kappa shape index (κ3) is 4.70. The minimum atomic E-state index is -3.83. The molecule has 0 spiro atoms. The van der Waals surface area contributed by atoms with Crippen LogP contribution in [0.4, 0.5) is 0 Å². The molecule has 1 aliphatic heterocycles. The summed E-state index contributed by atoms with van der Waals surface area (Å²) in [5.41, 5.74) is 0.943. The number of carboxylic acids is 1. The first kappa shape index (κ1) is 20.3. The minimum absolute atomic E-state index is 0.0534. The highest BCUT2D eigenvalue weighted by atomic mass is 32.2. The molecule has 0 radical (unpaired) electrons. The van der Waals surface area contributed by atoms with E-state index in [-0.39, 0.29) is 23.0 Å². The maximum Gasteiger partial charge on any atom is 0.335 e. The fourth-order valence-electron chi connectivity index (χ4n) is 3.41. The van der Waals surface area contributed by atoms with E-state index in [1.807, 2.05) is 24.3 Å². The predicted octanol–water partition coefficient (Wildman–Crippen LogP) is 2.51. The monoisotopic (exact) mass is 404 g/mol. The standard InChI is InChI=1S/C20H24N2O5S/c1-27-17-9-7-15(8-10-17)19(22-11-2-3-12-22)14-21-28(25,26)18-6-4-5-16(13-18)20(23)24/h4-10,13,19,21H,2-3,11-12,14H2,1H3,(H,23,24). The fourth-order valence-corrected chi connectivity index (χ4v) is 4.49. The second-order valence-corrected chi connectivity index (χ2v) is 8.48. The van der Waals surface area contributed by atoms with E-state index in [2.05, 4.69) is 9.62 Å². The first-order chi connectivity index (χ1) is 13.4. The number of ether oxygens (including phenoxy) is 1. The van der Waals surface area contributed by atoms with Crippen molar-refractivity contribution in [2.45, 2.75) is 23.8 Å². The highest BCUT2D eigenvalue weighted by Crippen LogP contribution is 2.26. The van der Waals surface area contributed by atoms with Crippen LogP contribution in [-0.2, 0) is 10.0 Å². The fraction of sp³-hybridized carbons (Fsp3) is 0.350. The second kappa shape index (κ2) is 8.72. The average Bonchev–Trinajstić information content (AvgIpc) is 3.23. The molecule has 1 aliphatic rings. The summed E-state index contributed by atoms with van der Waals surface area (Å²) in [5, 5.41) is 9.10. The van der Waals surface area contributed by atoms with Gasteiger partial charge in [-0.1, -0.05) is 18.2 Å². The number of carboxylic acid groups (broad SMARTS) is 1. The van der Waals surface area contributed by atoms with Crippen LogP contribution in [0.15, 0.2) is 53.4 Å². The van der Waals surface area contributed by atoms with Crippen LogP contribution in [0.3, 0.4) is 0 Å². The summed E-state index contributed by atoms with van der Waals surface area (Å²) >= 11 is 0. The molecule has 28 heavy (non-hydrogen) atoms. The molecule has 2 N–H and O–H groups in total. The number of rotatable bonds is 8. The van der Waals surface area contributed by atoms with Gasteiger partial charge in [0.2, 0.25) is 10.0 Å². The van der Waals surface area contributed by atoms with Crippen molar-refractivity contribution >= 4 is 16.0 Å². The van der Waals surface area contributed by atoms with Crippen molar-refractivity contribution < 1.29 is 23.1 Å². The van der Waals surface area contributed by atoms with Crippen molar-refractivity contribution in [1.82, 2.24) is 9.62 Å². The van der Waals surface area contributed by atoms with Crippen molar-refractivity contribution in [1.29, 1.82) is 0 Å². The van der Waals surface area contributed by atoms with Gasteiger partial charge in [0.15, 0.2) is 0 Å². The zero-order valence-electron chi connectivity index (χ0n) is 15.7. The zero-order chi connectivity index (χ0) is 20.1. The smallest absolute Gasteiger partial charge is 0.335 e. The van der Waals surface area contributed by atoms with Crippen molar-refractivity contribution in [2.75, 3.05) is 26.7 Å². The van der Waals surface area contributed by atoms with Crippen LogP contribution >= 0.6 is 0 Å². The molecule has 1 atom stereocenters. The maximum atomic E-state index is 12.7. The van der Waals surface area contributed by atoms with Gasteiger partial charge in [0.25, 0.3) is 0 Å². The van der Waals surface area contributed by atoms with Crippen molar-refractivity contribution in [3.63, 3.8) is 0 Å². The van der Waals surface area contributed by atoms with Gasteiger partial charge >= 0.3 is 5.97 Å². The Morgan fingerprint density at radius 1 is 1.18 bits per heavy atom. The van der Waals surface area contributed by atoms with E-state index < -0.39 is 16.0 Å². The van der Waals surface area contributed by atoms with Gasteiger partial charge < -0.3 is 9.84 Å². The van der Waals surface area contributed by atoms with Gasteiger partial charge in [-0.3, -0.25) is 4.90 Å². The summed E-state index contributed by atoms with van der Waals surface area (Å²) in [6.07, 6.45) is 2.17. The minimum Gasteiger partial charge on any atom is -0.497 e. The van der Waals surface area contributed by atoms with Gasteiger partial charge in [0.1, 0.15) is 5.75 Å². The molecular weight excluding hydrogens is 380 g/mol. The lowest BCUT2D eigenvalue weighted by atomic mass is 10.1. The number of carbonyl (C=O) groups is 1. The van der Waals surface area contributed by atoms with Crippen LogP contribution in [0.1, 0.15) is 34.8 Å². The Morgan fingerprint density at radius 3 is 2.46 bits per heavy atom. The third-order valence-electron chi connectivity index (χ3n) is 4.94. The zero-order valence-corrected chi connectivity index (χ0v) is 16.5. The van der Waals surface area contributed by atoms with E-state index in [1.54, 1.807) is 7.11 Å². The number of sulfonamides is 1. The molecule has 0 saturated carbocycles. The molecule has 1 unspecified atom stereocenters. The molecule has 1 saturated heterocycles. The normalized spacial score (nSPS) is 16.0. The summed E-state index contributed by atoms with van der Waals surface area (Å²) in [7, 11) is -2.22. The maximum absolute atomic E-state index is 12.7. The average molecular weight is 404 g/mol. The van der Waals surface area contributed by atoms with Gasteiger partial charge in [-0.15, -0.1) is 0 Å². The van der Waals surface area contributed by atoms with Crippen LogP contribution < -0.4 is 9.46 Å². The molecule has 1 heterocycles. The molecule has 150 valence electrons. The van der Waals surface area contributed by atoms with Gasteiger partial charge in [0.05, 0.1) is 17.6 Å². The molecule has 0 aliphatic carbocycles. The number of methoxy groups -OCH3 is 1. The number of nitrogens with zero attached hydrogens (tertiary/aromatic N) is 1. The third-order valence-corrected chi connectivity index (χ3v) is 6.36. The lowest BCUT2D eigenvalue weighted by Crippen LogP contribution is -2.36. The van der Waals surface area contributed by atoms with Gasteiger partial charge in [0, 0.05) is 12.6 Å². The van der Waals surface area contributed by atoms with Crippen LogP contribution in [0.25, 0.3) is 0 Å². The number of likely N-dealkylation sites (tertiary alicyclic amines) is 1. The van der Waals surface area contributed by atoms with Crippen LogP contribution in [-0.4, -0.2) is 51.1 Å². The Morgan fingerprint density at radius 2 is 1.86 bits per heavy atom. The first-order valence-electron chi connectivity index (χ1n) is 9.12. The first-order valence-corrected chi connectivity index (χ1v) is 10.6. The largest absolute Gasteiger partial charge is 0.497 e. The molecule has 7 nitrogen and oxygen atoms in total. The van der Waals surface area contributed by atoms with E-state index in [4.69, 9.17) is 9.84 Å². The summed E-state index contributed by atoms with van der Waals surface area (Å²) in [4.78, 5) is 13.3. The van der Waals surface area contributed by atoms with E-state index in [9.17, 15) is 13.2 Å². The number of benzene rings is 2. The second-order valence-electron chi connectivity index (χ2n) is 6.72. The van der Waals surface area contributed by atoms with Crippen molar-refractivity contribution in [3.8, 4) is 5.75 Å². The quantitative estimate of drug-likeness (QED) is 0.702. The Labute approximate surface area is 165 Å². The molecule has 1 fully saturated rings. The SMILES string of the molecule is COc1ccc(C(CNS(=O)(=O)c2cccc(C(=O)O)c2)N2CCCC2)cc1. The van der Waals surface area contributed by atoms with Gasteiger partial charge in [-0.2, -0.15) is 0 Å². The van der Waals surface area contributed by atoms with E-state index in [0.29, 0.717) is 0 Å². The molecule has 2 aromatic carbocycles. The molecule has 0 amide bonds. The molecule has 0 aromatic heterocycles. The number of hydrogen-bond acceptors (Lipinski definition) is 5. The molecule has 2 aromatic rings. The topological polar surface area (TPSA) is 95.9 Å². The Hall–Kier alpha value is -2.42. The molecule has 0 bridgehead atoms. The molecule has 3 rings (SSSR count). The summed E-state index contributed by atoms with van der Waals surface area (Å²) in [6, 6.07) is 12.9. The van der Waals surface area contributed by atoms with E-state index in [1.165, 1.54) is 24.3 Å². The summed E-state index contributed by atoms with van der Waals surface area (Å²) < 4.78 is 33.3. The van der Waals surface area contributed by atoms with Crippen LogP contribution in [0, 0.1) is 0 Å². The Kier molecular flexibility index (Phi) is 6.33. The van der Waals surface area contributed by atoms with Crippen LogP contribution in [0.2, 0.25) is 0 Å². The lowest BCUT2D eigenvalue weighted by molar-refractivity contribution is 0.0696. The van der Waals surface area contributed by atoms with Crippen LogP contribution in [0.5, 0.6) is 5.75 Å². The van der Waals surface area contributed by atoms with Crippen molar-refractivity contribution in [3.05, 3.63) is 59.7 Å². The number of nitrogens with one attached hydrogen (secondary N) is 1. The summed E-state index contributed by atoms with van der Waals surface area (Å²) in [5.74, 6) is -0.416. The summed E-state index contributed by atoms with van der Waals surface area (Å²) in [6.45, 7) is 2.02. The Balaban J connectivity index is 1.80. The predicted molar refractivity (Wildman–Crippen MR) is 105 cm³/mol. The highest BCUT2D eigenvalue weighted by Gasteiger charge is 2.26. The molecular formula is C20H24N2O5S. The number of aromatic carboxylic acids is 1. The van der Waals surface area contributed by atoms with E-state index >= 15 is 0 Å². The lowest BCUT2D eigenvalue weighted by Gasteiger charge is -2.28. The van der Waals surface area contributed by atoms with Gasteiger partial charge in [-0.05, 0) is 61.8 Å². The number of hydrogen-bond donors (Lipinski definition) is 2. The highest BCUT2D eigenvalue weighted by molar-refractivity contribution is 7.89.